The minimum Gasteiger partial charge on any atom is -0.321 e. The van der Waals surface area contributed by atoms with E-state index in [1.165, 1.54) is 0 Å². The van der Waals surface area contributed by atoms with E-state index in [4.69, 9.17) is 23.2 Å². The average Bonchev–Trinajstić information content (AvgIpc) is 2.48. The molecule has 0 saturated heterocycles. The standard InChI is InChI=1S/C17H16BrCl2NO/c1-3-10-7-12(18)8-11(4-2)16(10)21-17(22)14-6-5-13(19)9-15(14)20/h5-9H,3-4H2,1-2H3,(H,21,22). The highest BCUT2D eigenvalue weighted by Crippen LogP contribution is 2.29. The zero-order valence-corrected chi connectivity index (χ0v) is 15.4. The smallest absolute Gasteiger partial charge is 0.257 e. The molecule has 1 N–H and O–H groups in total. The zero-order chi connectivity index (χ0) is 16.3. The lowest BCUT2D eigenvalue weighted by Gasteiger charge is -2.16. The van der Waals surface area contributed by atoms with Gasteiger partial charge in [-0.05, 0) is 54.3 Å². The lowest BCUT2D eigenvalue weighted by molar-refractivity contribution is 0.102. The monoisotopic (exact) mass is 399 g/mol. The molecule has 0 heterocycles. The van der Waals surface area contributed by atoms with Gasteiger partial charge in [0.1, 0.15) is 0 Å². The van der Waals surface area contributed by atoms with Crippen LogP contribution < -0.4 is 5.32 Å². The first-order valence-corrected chi connectivity index (χ1v) is 8.58. The first kappa shape index (κ1) is 17.3. The average molecular weight is 401 g/mol. The van der Waals surface area contributed by atoms with E-state index in [1.807, 2.05) is 12.1 Å². The number of aryl methyl sites for hydroxylation is 2. The quantitative estimate of drug-likeness (QED) is 0.656. The lowest BCUT2D eigenvalue weighted by Crippen LogP contribution is -2.15. The van der Waals surface area contributed by atoms with Crippen LogP contribution in [0, 0.1) is 0 Å². The number of carbonyl (C=O) groups excluding carboxylic acids is 1. The summed E-state index contributed by atoms with van der Waals surface area (Å²) < 4.78 is 1.02. The van der Waals surface area contributed by atoms with Crippen LogP contribution in [0.4, 0.5) is 5.69 Å². The molecule has 0 aromatic heterocycles. The van der Waals surface area contributed by atoms with Gasteiger partial charge in [-0.15, -0.1) is 0 Å². The molecule has 2 rings (SSSR count). The van der Waals surface area contributed by atoms with Crippen molar-refractivity contribution in [3.63, 3.8) is 0 Å². The molecule has 2 aromatic carbocycles. The minimum atomic E-state index is -0.228. The fourth-order valence-corrected chi connectivity index (χ4v) is 3.34. The molecule has 0 aliphatic carbocycles. The van der Waals surface area contributed by atoms with E-state index >= 15 is 0 Å². The van der Waals surface area contributed by atoms with Gasteiger partial charge in [-0.2, -0.15) is 0 Å². The Morgan fingerprint density at radius 1 is 1.09 bits per heavy atom. The van der Waals surface area contributed by atoms with Gasteiger partial charge in [-0.3, -0.25) is 4.79 Å². The Bertz CT molecular complexity index is 691. The van der Waals surface area contributed by atoms with Crippen molar-refractivity contribution in [3.8, 4) is 0 Å². The molecule has 2 nitrogen and oxygen atoms in total. The van der Waals surface area contributed by atoms with Gasteiger partial charge in [-0.25, -0.2) is 0 Å². The highest BCUT2D eigenvalue weighted by Gasteiger charge is 2.15. The zero-order valence-electron chi connectivity index (χ0n) is 12.3. The number of carbonyl (C=O) groups is 1. The van der Waals surface area contributed by atoms with E-state index in [-0.39, 0.29) is 5.91 Å². The van der Waals surface area contributed by atoms with Gasteiger partial charge in [0.25, 0.3) is 5.91 Å². The maximum atomic E-state index is 12.5. The fourth-order valence-electron chi connectivity index (χ4n) is 2.30. The van der Waals surface area contributed by atoms with Crippen LogP contribution in [0.5, 0.6) is 0 Å². The van der Waals surface area contributed by atoms with Crippen LogP contribution in [-0.4, -0.2) is 5.91 Å². The first-order valence-electron chi connectivity index (χ1n) is 7.04. The molecule has 116 valence electrons. The Kier molecular flexibility index (Phi) is 5.90. The molecule has 0 spiro atoms. The first-order chi connectivity index (χ1) is 10.5. The second kappa shape index (κ2) is 7.49. The molecule has 22 heavy (non-hydrogen) atoms. The summed E-state index contributed by atoms with van der Waals surface area (Å²) in [7, 11) is 0. The third kappa shape index (κ3) is 3.83. The second-order valence-corrected chi connectivity index (χ2v) is 6.64. The number of nitrogens with one attached hydrogen (secondary N) is 1. The summed E-state index contributed by atoms with van der Waals surface area (Å²) in [6.45, 7) is 4.12. The summed E-state index contributed by atoms with van der Waals surface area (Å²) >= 11 is 15.5. The molecular weight excluding hydrogens is 385 g/mol. The maximum absolute atomic E-state index is 12.5. The van der Waals surface area contributed by atoms with Crippen LogP contribution in [0.1, 0.15) is 35.3 Å². The number of halogens is 3. The predicted octanol–water partition coefficient (Wildman–Crippen LogP) is 6.13. The SMILES string of the molecule is CCc1cc(Br)cc(CC)c1NC(=O)c1ccc(Cl)cc1Cl. The van der Waals surface area contributed by atoms with Crippen LogP contribution in [0.25, 0.3) is 0 Å². The van der Waals surface area contributed by atoms with Crippen LogP contribution in [0.3, 0.4) is 0 Å². The summed E-state index contributed by atoms with van der Waals surface area (Å²) in [5.74, 6) is -0.228. The summed E-state index contributed by atoms with van der Waals surface area (Å²) in [6, 6.07) is 8.92. The Morgan fingerprint density at radius 3 is 2.18 bits per heavy atom. The van der Waals surface area contributed by atoms with E-state index in [0.717, 1.165) is 34.1 Å². The third-order valence-corrected chi connectivity index (χ3v) is 4.45. The Hall–Kier alpha value is -1.03. The molecule has 0 bridgehead atoms. The number of hydrogen-bond donors (Lipinski definition) is 1. The van der Waals surface area contributed by atoms with E-state index in [0.29, 0.717) is 15.6 Å². The molecule has 0 aliphatic heterocycles. The van der Waals surface area contributed by atoms with Gasteiger partial charge in [-0.1, -0.05) is 53.0 Å². The summed E-state index contributed by atoms with van der Waals surface area (Å²) in [5.41, 5.74) is 3.46. The molecule has 0 aliphatic rings. The van der Waals surface area contributed by atoms with Crippen molar-refractivity contribution >= 4 is 50.7 Å². The predicted molar refractivity (Wildman–Crippen MR) is 97.3 cm³/mol. The largest absolute Gasteiger partial charge is 0.321 e. The van der Waals surface area contributed by atoms with Crippen molar-refractivity contribution < 1.29 is 4.79 Å². The maximum Gasteiger partial charge on any atom is 0.257 e. The molecule has 0 fully saturated rings. The van der Waals surface area contributed by atoms with Crippen molar-refractivity contribution in [3.05, 3.63) is 61.5 Å². The van der Waals surface area contributed by atoms with Crippen LogP contribution in [0.15, 0.2) is 34.8 Å². The highest BCUT2D eigenvalue weighted by atomic mass is 79.9. The third-order valence-electron chi connectivity index (χ3n) is 3.44. The Labute approximate surface area is 148 Å². The highest BCUT2D eigenvalue weighted by molar-refractivity contribution is 9.10. The molecule has 0 radical (unpaired) electrons. The number of hydrogen-bond acceptors (Lipinski definition) is 1. The van der Waals surface area contributed by atoms with E-state index < -0.39 is 0 Å². The lowest BCUT2D eigenvalue weighted by atomic mass is 10.0. The van der Waals surface area contributed by atoms with Gasteiger partial charge >= 0.3 is 0 Å². The van der Waals surface area contributed by atoms with E-state index in [9.17, 15) is 4.79 Å². The summed E-state index contributed by atoms with van der Waals surface area (Å²) in [6.07, 6.45) is 1.66. The molecule has 2 aromatic rings. The minimum absolute atomic E-state index is 0.228. The van der Waals surface area contributed by atoms with Crippen molar-refractivity contribution in [1.82, 2.24) is 0 Å². The summed E-state index contributed by atoms with van der Waals surface area (Å²) in [5, 5.41) is 3.85. The van der Waals surface area contributed by atoms with Gasteiger partial charge in [0, 0.05) is 15.2 Å². The topological polar surface area (TPSA) is 29.1 Å². The van der Waals surface area contributed by atoms with Crippen LogP contribution >= 0.6 is 39.1 Å². The second-order valence-electron chi connectivity index (χ2n) is 4.88. The van der Waals surface area contributed by atoms with Crippen molar-refractivity contribution in [2.24, 2.45) is 0 Å². The van der Waals surface area contributed by atoms with Gasteiger partial charge in [0.05, 0.1) is 10.6 Å². The molecular formula is C17H16BrCl2NO. The normalized spacial score (nSPS) is 10.6. The molecule has 0 unspecified atom stereocenters. The van der Waals surface area contributed by atoms with Crippen molar-refractivity contribution in [1.29, 1.82) is 0 Å². The van der Waals surface area contributed by atoms with Crippen LogP contribution in [-0.2, 0) is 12.8 Å². The Balaban J connectivity index is 2.39. The van der Waals surface area contributed by atoms with Crippen molar-refractivity contribution in [2.45, 2.75) is 26.7 Å². The van der Waals surface area contributed by atoms with Gasteiger partial charge < -0.3 is 5.32 Å². The van der Waals surface area contributed by atoms with Gasteiger partial charge in [0.15, 0.2) is 0 Å². The number of rotatable bonds is 4. The van der Waals surface area contributed by atoms with Gasteiger partial charge in [0.2, 0.25) is 0 Å². The van der Waals surface area contributed by atoms with E-state index in [2.05, 4.69) is 35.1 Å². The van der Waals surface area contributed by atoms with Crippen molar-refractivity contribution in [2.75, 3.05) is 5.32 Å². The fraction of sp³-hybridized carbons (Fsp3) is 0.235. The summed E-state index contributed by atoms with van der Waals surface area (Å²) in [4.78, 5) is 12.5. The Morgan fingerprint density at radius 2 is 1.68 bits per heavy atom. The molecule has 0 saturated carbocycles. The molecule has 1 amide bonds. The molecule has 5 heteroatoms. The number of amides is 1. The van der Waals surface area contributed by atoms with Crippen LogP contribution in [0.2, 0.25) is 10.0 Å². The number of benzene rings is 2. The molecule has 0 atom stereocenters. The number of anilines is 1. The van der Waals surface area contributed by atoms with E-state index in [1.54, 1.807) is 18.2 Å².